The van der Waals surface area contributed by atoms with E-state index in [4.69, 9.17) is 0 Å². The topological polar surface area (TPSA) is 59.2 Å². The third kappa shape index (κ3) is 4.84. The predicted octanol–water partition coefficient (Wildman–Crippen LogP) is 1.63. The van der Waals surface area contributed by atoms with E-state index in [1.807, 2.05) is 12.3 Å². The number of rotatable bonds is 6. The van der Waals surface area contributed by atoms with Gasteiger partial charge in [-0.3, -0.25) is 4.79 Å². The quantitative estimate of drug-likeness (QED) is 0.773. The molecule has 2 saturated heterocycles. The van der Waals surface area contributed by atoms with Gasteiger partial charge in [0.25, 0.3) is 5.56 Å². The van der Waals surface area contributed by atoms with Gasteiger partial charge in [0.1, 0.15) is 0 Å². The van der Waals surface area contributed by atoms with E-state index in [0.29, 0.717) is 18.3 Å². The summed E-state index contributed by atoms with van der Waals surface area (Å²) in [6, 6.07) is 5.18. The monoisotopic (exact) mass is 370 g/mol. The highest BCUT2D eigenvalue weighted by atomic mass is 16.1. The third-order valence-corrected chi connectivity index (χ3v) is 5.91. The molecule has 0 aliphatic carbocycles. The van der Waals surface area contributed by atoms with Gasteiger partial charge in [0.2, 0.25) is 0 Å². The Bertz CT molecular complexity index is 757. The first-order valence-electron chi connectivity index (χ1n) is 10.3. The molecule has 2 aromatic rings. The van der Waals surface area contributed by atoms with Crippen LogP contribution in [0.2, 0.25) is 0 Å². The van der Waals surface area contributed by atoms with E-state index in [1.165, 1.54) is 45.4 Å². The molecule has 0 spiro atoms. The number of hydrogen-bond donors (Lipinski definition) is 0. The van der Waals surface area contributed by atoms with Crippen LogP contribution in [0.5, 0.6) is 0 Å². The Kier molecular flexibility index (Phi) is 5.99. The molecular formula is C20H30N6O. The van der Waals surface area contributed by atoms with Gasteiger partial charge in [0.15, 0.2) is 5.82 Å². The Balaban J connectivity index is 1.28. The summed E-state index contributed by atoms with van der Waals surface area (Å²) in [5.74, 6) is 1.22. The Morgan fingerprint density at radius 1 is 0.963 bits per heavy atom. The minimum absolute atomic E-state index is 0.0292. The largest absolute Gasteiger partial charge is 0.302 e. The summed E-state index contributed by atoms with van der Waals surface area (Å²) in [6.45, 7) is 7.90. The molecule has 7 heteroatoms. The molecule has 0 unspecified atom stereocenters. The summed E-state index contributed by atoms with van der Waals surface area (Å²) in [4.78, 5) is 17.4. The molecule has 4 rings (SSSR count). The van der Waals surface area contributed by atoms with Crippen molar-refractivity contribution >= 4 is 0 Å². The van der Waals surface area contributed by atoms with Gasteiger partial charge in [-0.25, -0.2) is 9.36 Å². The second-order valence-corrected chi connectivity index (χ2v) is 7.85. The highest BCUT2D eigenvalue weighted by Gasteiger charge is 2.21. The van der Waals surface area contributed by atoms with E-state index in [2.05, 4.69) is 20.0 Å². The average molecular weight is 371 g/mol. The standard InChI is InChI=1S/C20H30N6O/c27-20-6-5-19(25-12-4-9-21-25)22-26(20)17-18-7-13-24(14-8-18)16-15-23-10-2-1-3-11-23/h4-6,9,12,18H,1-3,7-8,10-11,13-17H2. The highest BCUT2D eigenvalue weighted by molar-refractivity contribution is 5.17. The van der Waals surface area contributed by atoms with Crippen molar-refractivity contribution in [3.05, 3.63) is 40.9 Å². The van der Waals surface area contributed by atoms with Crippen LogP contribution in [0.25, 0.3) is 5.82 Å². The molecule has 7 nitrogen and oxygen atoms in total. The maximum absolute atomic E-state index is 12.2. The molecule has 0 saturated carbocycles. The molecule has 2 aromatic heterocycles. The first kappa shape index (κ1) is 18.4. The normalized spacial score (nSPS) is 20.1. The third-order valence-electron chi connectivity index (χ3n) is 5.91. The van der Waals surface area contributed by atoms with Crippen LogP contribution in [-0.4, -0.2) is 68.6 Å². The Labute approximate surface area is 160 Å². The van der Waals surface area contributed by atoms with E-state index in [0.717, 1.165) is 25.9 Å². The lowest BCUT2D eigenvalue weighted by molar-refractivity contribution is 0.138. The van der Waals surface area contributed by atoms with Crippen molar-refractivity contribution < 1.29 is 0 Å². The molecule has 4 heterocycles. The van der Waals surface area contributed by atoms with Crippen molar-refractivity contribution in [2.24, 2.45) is 5.92 Å². The van der Waals surface area contributed by atoms with Gasteiger partial charge in [-0.15, -0.1) is 5.10 Å². The lowest BCUT2D eigenvalue weighted by Gasteiger charge is -2.34. The van der Waals surface area contributed by atoms with Crippen molar-refractivity contribution in [2.45, 2.75) is 38.6 Å². The molecule has 2 fully saturated rings. The first-order valence-corrected chi connectivity index (χ1v) is 10.3. The molecule has 0 amide bonds. The maximum atomic E-state index is 12.2. The van der Waals surface area contributed by atoms with Gasteiger partial charge in [-0.05, 0) is 69.9 Å². The number of aromatic nitrogens is 4. The van der Waals surface area contributed by atoms with Crippen molar-refractivity contribution in [1.29, 1.82) is 0 Å². The van der Waals surface area contributed by atoms with Gasteiger partial charge in [-0.1, -0.05) is 6.42 Å². The molecule has 0 bridgehead atoms. The van der Waals surface area contributed by atoms with E-state index in [1.54, 1.807) is 27.7 Å². The van der Waals surface area contributed by atoms with Gasteiger partial charge in [0, 0.05) is 38.1 Å². The summed E-state index contributed by atoms with van der Waals surface area (Å²) in [6.07, 6.45) is 9.97. The average Bonchev–Trinajstić information content (AvgIpc) is 3.25. The molecule has 0 aromatic carbocycles. The fraction of sp³-hybridized carbons (Fsp3) is 0.650. The van der Waals surface area contributed by atoms with Crippen LogP contribution in [-0.2, 0) is 6.54 Å². The zero-order valence-electron chi connectivity index (χ0n) is 16.0. The minimum Gasteiger partial charge on any atom is -0.302 e. The van der Waals surface area contributed by atoms with Crippen LogP contribution in [0.15, 0.2) is 35.4 Å². The zero-order valence-corrected chi connectivity index (χ0v) is 16.0. The Morgan fingerprint density at radius 3 is 2.41 bits per heavy atom. The number of nitrogens with zero attached hydrogens (tertiary/aromatic N) is 6. The van der Waals surface area contributed by atoms with Crippen LogP contribution in [0.3, 0.4) is 0 Å². The van der Waals surface area contributed by atoms with E-state index >= 15 is 0 Å². The number of likely N-dealkylation sites (tertiary alicyclic amines) is 2. The number of piperidine rings is 2. The van der Waals surface area contributed by atoms with Crippen LogP contribution in [0.1, 0.15) is 32.1 Å². The van der Waals surface area contributed by atoms with Gasteiger partial charge in [0.05, 0.1) is 0 Å². The van der Waals surface area contributed by atoms with Gasteiger partial charge >= 0.3 is 0 Å². The molecule has 0 N–H and O–H groups in total. The molecule has 146 valence electrons. The Hall–Kier alpha value is -1.99. The number of hydrogen-bond acceptors (Lipinski definition) is 5. The molecule has 0 radical (unpaired) electrons. The van der Waals surface area contributed by atoms with E-state index in [-0.39, 0.29) is 5.56 Å². The fourth-order valence-corrected chi connectivity index (χ4v) is 4.20. The second-order valence-electron chi connectivity index (χ2n) is 7.85. The van der Waals surface area contributed by atoms with Crippen LogP contribution in [0, 0.1) is 5.92 Å². The summed E-state index contributed by atoms with van der Waals surface area (Å²) in [5, 5.41) is 8.71. The Morgan fingerprint density at radius 2 is 1.70 bits per heavy atom. The highest BCUT2D eigenvalue weighted by Crippen LogP contribution is 2.19. The van der Waals surface area contributed by atoms with Gasteiger partial charge < -0.3 is 9.80 Å². The van der Waals surface area contributed by atoms with Gasteiger partial charge in [-0.2, -0.15) is 5.10 Å². The van der Waals surface area contributed by atoms with Crippen molar-refractivity contribution in [3.8, 4) is 5.82 Å². The van der Waals surface area contributed by atoms with Crippen LogP contribution in [0.4, 0.5) is 0 Å². The second kappa shape index (κ2) is 8.80. The fourth-order valence-electron chi connectivity index (χ4n) is 4.20. The summed E-state index contributed by atoms with van der Waals surface area (Å²) < 4.78 is 3.31. The lowest BCUT2D eigenvalue weighted by atomic mass is 9.97. The van der Waals surface area contributed by atoms with E-state index in [9.17, 15) is 4.79 Å². The first-order chi connectivity index (χ1) is 13.3. The summed E-state index contributed by atoms with van der Waals surface area (Å²) >= 11 is 0. The maximum Gasteiger partial charge on any atom is 0.266 e. The molecule has 27 heavy (non-hydrogen) atoms. The van der Waals surface area contributed by atoms with E-state index < -0.39 is 0 Å². The van der Waals surface area contributed by atoms with Crippen molar-refractivity contribution in [2.75, 3.05) is 39.3 Å². The molecule has 2 aliphatic rings. The molecule has 2 aliphatic heterocycles. The minimum atomic E-state index is -0.0292. The molecular weight excluding hydrogens is 340 g/mol. The zero-order chi connectivity index (χ0) is 18.5. The molecule has 0 atom stereocenters. The lowest BCUT2D eigenvalue weighted by Crippen LogP contribution is -2.42. The van der Waals surface area contributed by atoms with Crippen molar-refractivity contribution in [1.82, 2.24) is 29.4 Å². The predicted molar refractivity (Wildman–Crippen MR) is 105 cm³/mol. The van der Waals surface area contributed by atoms with Crippen LogP contribution < -0.4 is 5.56 Å². The summed E-state index contributed by atoms with van der Waals surface area (Å²) in [5.41, 5.74) is -0.0292. The SMILES string of the molecule is O=c1ccc(-n2cccn2)nn1CC1CCN(CCN2CCCCC2)CC1. The summed E-state index contributed by atoms with van der Waals surface area (Å²) in [7, 11) is 0. The smallest absolute Gasteiger partial charge is 0.266 e. The van der Waals surface area contributed by atoms with Crippen LogP contribution >= 0.6 is 0 Å². The van der Waals surface area contributed by atoms with Crippen molar-refractivity contribution in [3.63, 3.8) is 0 Å².